The van der Waals surface area contributed by atoms with E-state index < -0.39 is 17.8 Å². The molecule has 3 aromatic rings. The Labute approximate surface area is 153 Å². The lowest BCUT2D eigenvalue weighted by atomic mass is 10.1. The summed E-state index contributed by atoms with van der Waals surface area (Å²) in [5.41, 5.74) is 1.89. The minimum atomic E-state index is -4.41. The Balaban J connectivity index is 1.63. The van der Waals surface area contributed by atoms with Crippen molar-refractivity contribution in [3.63, 3.8) is 0 Å². The summed E-state index contributed by atoms with van der Waals surface area (Å²) in [7, 11) is 0. The number of halogens is 3. The van der Waals surface area contributed by atoms with E-state index in [1.165, 1.54) is 12.1 Å². The maximum atomic E-state index is 12.7. The molecule has 1 aromatic heterocycles. The average Bonchev–Trinajstić information content (AvgIpc) is 3.06. The van der Waals surface area contributed by atoms with Gasteiger partial charge in [-0.3, -0.25) is 0 Å². The van der Waals surface area contributed by atoms with E-state index in [0.717, 1.165) is 23.5 Å². The number of nitrogens with one attached hydrogen (secondary N) is 2. The Morgan fingerprint density at radius 1 is 1.11 bits per heavy atom. The Morgan fingerprint density at radius 3 is 2.59 bits per heavy atom. The van der Waals surface area contributed by atoms with Gasteiger partial charge >= 0.3 is 12.2 Å². The zero-order valence-corrected chi connectivity index (χ0v) is 14.4. The minimum absolute atomic E-state index is 0.0201. The van der Waals surface area contributed by atoms with Crippen molar-refractivity contribution >= 4 is 11.7 Å². The summed E-state index contributed by atoms with van der Waals surface area (Å²) in [6.07, 6.45) is -2.74. The van der Waals surface area contributed by atoms with Crippen molar-refractivity contribution in [2.24, 2.45) is 0 Å². The molecule has 0 saturated heterocycles. The lowest BCUT2D eigenvalue weighted by molar-refractivity contribution is -0.137. The number of amides is 2. The highest BCUT2D eigenvalue weighted by Gasteiger charge is 2.30. The Morgan fingerprint density at radius 2 is 1.89 bits per heavy atom. The molecule has 2 N–H and O–H groups in total. The number of aromatic nitrogens is 2. The fourth-order valence-electron chi connectivity index (χ4n) is 2.57. The van der Waals surface area contributed by atoms with Gasteiger partial charge in [0.2, 0.25) is 0 Å². The van der Waals surface area contributed by atoms with Crippen molar-refractivity contribution in [3.05, 3.63) is 77.6 Å². The maximum Gasteiger partial charge on any atom is 0.416 e. The standard InChI is InChI=1S/C19H17F3N4O/c1-13-8-9-24-26(13)17-7-3-6-16(11-17)25-18(27)23-12-14-4-2-5-15(10-14)19(20,21)22/h2-11H,12H2,1H3,(H2,23,25,27). The number of nitrogens with zero attached hydrogens (tertiary/aromatic N) is 2. The number of aryl methyl sites for hydroxylation is 1. The lowest BCUT2D eigenvalue weighted by Gasteiger charge is -2.11. The van der Waals surface area contributed by atoms with Gasteiger partial charge in [0.25, 0.3) is 0 Å². The summed E-state index contributed by atoms with van der Waals surface area (Å²) in [5.74, 6) is 0. The molecule has 0 saturated carbocycles. The highest BCUT2D eigenvalue weighted by atomic mass is 19.4. The van der Waals surface area contributed by atoms with Crippen LogP contribution in [0.2, 0.25) is 0 Å². The minimum Gasteiger partial charge on any atom is -0.334 e. The number of anilines is 1. The quantitative estimate of drug-likeness (QED) is 0.705. The van der Waals surface area contributed by atoms with E-state index in [4.69, 9.17) is 0 Å². The number of hydrogen-bond donors (Lipinski definition) is 2. The predicted octanol–water partition coefficient (Wildman–Crippen LogP) is 4.52. The average molecular weight is 374 g/mol. The van der Waals surface area contributed by atoms with E-state index in [-0.39, 0.29) is 6.54 Å². The second kappa shape index (κ2) is 7.53. The maximum absolute atomic E-state index is 12.7. The van der Waals surface area contributed by atoms with Gasteiger partial charge in [0.15, 0.2) is 0 Å². The van der Waals surface area contributed by atoms with Crippen LogP contribution < -0.4 is 10.6 Å². The number of urea groups is 1. The largest absolute Gasteiger partial charge is 0.416 e. The number of carbonyl (C=O) groups excluding carboxylic acids is 1. The predicted molar refractivity (Wildman–Crippen MR) is 95.6 cm³/mol. The van der Waals surface area contributed by atoms with Crippen LogP contribution in [0.15, 0.2) is 60.8 Å². The molecule has 5 nitrogen and oxygen atoms in total. The van der Waals surface area contributed by atoms with Crippen LogP contribution in [0, 0.1) is 6.92 Å². The molecule has 2 amide bonds. The third-order valence-corrected chi connectivity index (χ3v) is 3.89. The van der Waals surface area contributed by atoms with Crippen molar-refractivity contribution in [3.8, 4) is 5.69 Å². The molecule has 140 valence electrons. The van der Waals surface area contributed by atoms with Crippen LogP contribution in [0.4, 0.5) is 23.7 Å². The van der Waals surface area contributed by atoms with E-state index in [1.54, 1.807) is 29.1 Å². The van der Waals surface area contributed by atoms with Gasteiger partial charge in [-0.2, -0.15) is 18.3 Å². The van der Waals surface area contributed by atoms with Gasteiger partial charge in [0.05, 0.1) is 11.3 Å². The molecule has 8 heteroatoms. The van der Waals surface area contributed by atoms with E-state index in [2.05, 4.69) is 15.7 Å². The zero-order chi connectivity index (χ0) is 19.4. The summed E-state index contributed by atoms with van der Waals surface area (Å²) in [6, 6.07) is 13.3. The molecule has 1 heterocycles. The molecule has 0 aliphatic carbocycles. The van der Waals surface area contributed by atoms with Crippen LogP contribution in [0.5, 0.6) is 0 Å². The number of hydrogen-bond acceptors (Lipinski definition) is 2. The van der Waals surface area contributed by atoms with Gasteiger partial charge in [-0.25, -0.2) is 9.48 Å². The monoisotopic (exact) mass is 374 g/mol. The zero-order valence-electron chi connectivity index (χ0n) is 14.4. The SMILES string of the molecule is Cc1ccnn1-c1cccc(NC(=O)NCc2cccc(C(F)(F)F)c2)c1. The molecule has 2 aromatic carbocycles. The molecule has 27 heavy (non-hydrogen) atoms. The smallest absolute Gasteiger partial charge is 0.334 e. The van der Waals surface area contributed by atoms with Gasteiger partial charge in [-0.1, -0.05) is 18.2 Å². The van der Waals surface area contributed by atoms with Crippen molar-refractivity contribution in [1.29, 1.82) is 0 Å². The molecular weight excluding hydrogens is 357 g/mol. The molecule has 0 unspecified atom stereocenters. The molecule has 0 fully saturated rings. The summed E-state index contributed by atoms with van der Waals surface area (Å²) in [4.78, 5) is 12.1. The number of benzene rings is 2. The summed E-state index contributed by atoms with van der Waals surface area (Å²) >= 11 is 0. The van der Waals surface area contributed by atoms with Crippen molar-refractivity contribution < 1.29 is 18.0 Å². The van der Waals surface area contributed by atoms with Gasteiger partial charge in [0.1, 0.15) is 0 Å². The summed E-state index contributed by atoms with van der Waals surface area (Å²) in [6.45, 7) is 1.89. The van der Waals surface area contributed by atoms with Crippen LogP contribution in [0.3, 0.4) is 0 Å². The normalized spacial score (nSPS) is 11.3. The van der Waals surface area contributed by atoms with E-state index in [0.29, 0.717) is 11.3 Å². The highest BCUT2D eigenvalue weighted by Crippen LogP contribution is 2.29. The van der Waals surface area contributed by atoms with Crippen molar-refractivity contribution in [2.45, 2.75) is 19.6 Å². The molecule has 0 radical (unpaired) electrons. The van der Waals surface area contributed by atoms with Crippen LogP contribution in [0.1, 0.15) is 16.8 Å². The first-order chi connectivity index (χ1) is 12.8. The van der Waals surface area contributed by atoms with E-state index in [9.17, 15) is 18.0 Å². The van der Waals surface area contributed by atoms with Crippen molar-refractivity contribution in [2.75, 3.05) is 5.32 Å². The van der Waals surface area contributed by atoms with Crippen LogP contribution >= 0.6 is 0 Å². The second-order valence-corrected chi connectivity index (χ2v) is 5.94. The van der Waals surface area contributed by atoms with Crippen LogP contribution in [-0.4, -0.2) is 15.8 Å². The first kappa shape index (κ1) is 18.5. The van der Waals surface area contributed by atoms with Gasteiger partial charge in [-0.05, 0) is 48.9 Å². The van der Waals surface area contributed by atoms with Gasteiger partial charge < -0.3 is 10.6 Å². The Bertz CT molecular complexity index is 950. The first-order valence-electron chi connectivity index (χ1n) is 8.15. The highest BCUT2D eigenvalue weighted by molar-refractivity contribution is 5.89. The molecular formula is C19H17F3N4O. The molecule has 0 aliphatic rings. The summed E-state index contributed by atoms with van der Waals surface area (Å²) in [5, 5.41) is 9.42. The molecule has 3 rings (SSSR count). The second-order valence-electron chi connectivity index (χ2n) is 5.94. The van der Waals surface area contributed by atoms with Crippen molar-refractivity contribution in [1.82, 2.24) is 15.1 Å². The molecule has 0 aliphatic heterocycles. The van der Waals surface area contributed by atoms with Gasteiger partial charge in [0, 0.05) is 24.1 Å². The van der Waals surface area contributed by atoms with Crippen LogP contribution in [0.25, 0.3) is 5.69 Å². The number of carbonyl (C=O) groups is 1. The first-order valence-corrected chi connectivity index (χ1v) is 8.15. The topological polar surface area (TPSA) is 59.0 Å². The molecule has 0 bridgehead atoms. The van der Waals surface area contributed by atoms with E-state index >= 15 is 0 Å². The Kier molecular flexibility index (Phi) is 5.16. The lowest BCUT2D eigenvalue weighted by Crippen LogP contribution is -2.28. The van der Waals surface area contributed by atoms with E-state index in [1.807, 2.05) is 19.1 Å². The summed E-state index contributed by atoms with van der Waals surface area (Å²) < 4.78 is 39.9. The molecule has 0 spiro atoms. The van der Waals surface area contributed by atoms with Gasteiger partial charge in [-0.15, -0.1) is 0 Å². The number of rotatable bonds is 4. The fraction of sp³-hybridized carbons (Fsp3) is 0.158. The molecule has 0 atom stereocenters. The fourth-order valence-corrected chi connectivity index (χ4v) is 2.57. The number of alkyl halides is 3. The third-order valence-electron chi connectivity index (χ3n) is 3.89. The third kappa shape index (κ3) is 4.66. The van der Waals surface area contributed by atoms with Crippen LogP contribution in [-0.2, 0) is 12.7 Å². The Hall–Kier alpha value is -3.29.